The first kappa shape index (κ1) is 28.5. The van der Waals surface area contributed by atoms with Crippen molar-refractivity contribution in [3.8, 4) is 17.0 Å². The second-order valence-electron chi connectivity index (χ2n) is 11.2. The van der Waals surface area contributed by atoms with Crippen LogP contribution < -0.4 is 15.4 Å². The molecular formula is C31H33F2N7O3. The Morgan fingerprint density at radius 2 is 1.81 bits per heavy atom. The normalized spacial score (nSPS) is 18.7. The van der Waals surface area contributed by atoms with Crippen LogP contribution in [0, 0.1) is 18.6 Å². The first-order valence-electron chi connectivity index (χ1n) is 14.3. The molecule has 0 unspecified atom stereocenters. The molecule has 12 heteroatoms. The Bertz CT molecular complexity index is 1710. The maximum Gasteiger partial charge on any atom is 0.254 e. The lowest BCUT2D eigenvalue weighted by atomic mass is 9.98. The summed E-state index contributed by atoms with van der Waals surface area (Å²) in [4.78, 5) is 38.9. The van der Waals surface area contributed by atoms with Gasteiger partial charge in [-0.25, -0.2) is 14.4 Å². The van der Waals surface area contributed by atoms with Crippen molar-refractivity contribution in [1.29, 1.82) is 0 Å². The summed E-state index contributed by atoms with van der Waals surface area (Å²) in [5, 5.41) is 6.56. The van der Waals surface area contributed by atoms with E-state index in [0.29, 0.717) is 54.6 Å². The number of carbonyl (C=O) groups excluding carboxylic acids is 2. The maximum atomic E-state index is 14.8. The summed E-state index contributed by atoms with van der Waals surface area (Å²) in [6.07, 6.45) is 6.44. The average Bonchev–Trinajstić information content (AvgIpc) is 3.66. The number of piperazine rings is 1. The number of nitrogens with zero attached hydrogens (tertiary/aromatic N) is 5. The second kappa shape index (κ2) is 11.3. The van der Waals surface area contributed by atoms with Crippen molar-refractivity contribution in [1.82, 2.24) is 29.5 Å². The highest BCUT2D eigenvalue weighted by Gasteiger charge is 2.40. The molecule has 0 saturated carbocycles. The molecule has 2 aliphatic rings. The molecule has 2 N–H and O–H groups in total. The first-order chi connectivity index (χ1) is 20.7. The number of hydrogen-bond donors (Lipinski definition) is 2. The van der Waals surface area contributed by atoms with Crippen LogP contribution in [-0.4, -0.2) is 81.4 Å². The Hall–Kier alpha value is -4.58. The van der Waals surface area contributed by atoms with Crippen LogP contribution in [-0.2, 0) is 4.79 Å². The van der Waals surface area contributed by atoms with E-state index in [0.717, 1.165) is 24.9 Å². The largest absolute Gasteiger partial charge is 0.494 e. The molecule has 2 aromatic carbocycles. The van der Waals surface area contributed by atoms with Gasteiger partial charge >= 0.3 is 0 Å². The SMILES string of the molecule is COc1ccc(-c2cnc3c(Nc4ccc(C(=O)N5CCN(C(=O)[C@@]6(C)CCCN6)CC5)c(C)c4)nccn23)c(F)c1F. The summed E-state index contributed by atoms with van der Waals surface area (Å²) in [5.74, 6) is -1.84. The summed E-state index contributed by atoms with van der Waals surface area (Å²) in [5.41, 5.74) is 2.35. The van der Waals surface area contributed by atoms with Gasteiger partial charge in [0.05, 0.1) is 24.5 Å². The number of nitrogens with one attached hydrogen (secondary N) is 2. The van der Waals surface area contributed by atoms with Crippen molar-refractivity contribution < 1.29 is 23.1 Å². The highest BCUT2D eigenvalue weighted by Crippen LogP contribution is 2.32. The Morgan fingerprint density at radius 3 is 2.51 bits per heavy atom. The number of hydrogen-bond acceptors (Lipinski definition) is 7. The minimum absolute atomic E-state index is 0.0382. The zero-order valence-corrected chi connectivity index (χ0v) is 24.3. The van der Waals surface area contributed by atoms with Crippen molar-refractivity contribution in [2.75, 3.05) is 45.2 Å². The third kappa shape index (κ3) is 5.16. The van der Waals surface area contributed by atoms with Crippen molar-refractivity contribution in [3.05, 3.63) is 71.7 Å². The molecular weight excluding hydrogens is 556 g/mol. The molecule has 2 aromatic heterocycles. The van der Waals surface area contributed by atoms with Gasteiger partial charge in [-0.05, 0) is 69.1 Å². The number of imidazole rings is 1. The van der Waals surface area contributed by atoms with E-state index in [1.165, 1.54) is 31.6 Å². The number of amides is 2. The molecule has 2 saturated heterocycles. The van der Waals surface area contributed by atoms with Gasteiger partial charge in [-0.2, -0.15) is 4.39 Å². The van der Waals surface area contributed by atoms with Gasteiger partial charge < -0.3 is 25.2 Å². The molecule has 0 spiro atoms. The fourth-order valence-corrected chi connectivity index (χ4v) is 5.92. The summed E-state index contributed by atoms with van der Waals surface area (Å²) in [6, 6.07) is 8.23. The minimum atomic E-state index is -1.07. The standard InChI is InChI=1S/C31H33F2N7O3/c1-19-17-20(5-6-21(19)29(41)38-13-15-39(16-14-38)30(42)31(2)9-4-10-36-31)37-27-28-35-18-23(40(28)12-11-34-27)22-7-8-24(43-3)26(33)25(22)32/h5-8,11-12,17-18,36H,4,9-10,13-16H2,1-3H3,(H,34,37)/t31-/m1/s1. The van der Waals surface area contributed by atoms with Crippen LogP contribution in [0.25, 0.3) is 16.9 Å². The van der Waals surface area contributed by atoms with E-state index < -0.39 is 17.2 Å². The van der Waals surface area contributed by atoms with E-state index in [-0.39, 0.29) is 23.1 Å². The van der Waals surface area contributed by atoms with Crippen LogP contribution in [0.3, 0.4) is 0 Å². The van der Waals surface area contributed by atoms with Gasteiger partial charge in [0.25, 0.3) is 5.91 Å². The molecule has 0 bridgehead atoms. The van der Waals surface area contributed by atoms with Gasteiger partial charge in [-0.1, -0.05) is 0 Å². The van der Waals surface area contributed by atoms with Crippen LogP contribution in [0.5, 0.6) is 5.75 Å². The number of benzene rings is 2. The monoisotopic (exact) mass is 589 g/mol. The van der Waals surface area contributed by atoms with E-state index in [2.05, 4.69) is 20.6 Å². The Balaban J connectivity index is 1.16. The molecule has 0 radical (unpaired) electrons. The molecule has 0 aliphatic carbocycles. The zero-order chi connectivity index (χ0) is 30.3. The van der Waals surface area contributed by atoms with Crippen molar-refractivity contribution in [2.45, 2.75) is 32.2 Å². The van der Waals surface area contributed by atoms with Gasteiger partial charge in [0.1, 0.15) is 0 Å². The van der Waals surface area contributed by atoms with Crippen LogP contribution in [0.15, 0.2) is 48.9 Å². The molecule has 1 atom stereocenters. The van der Waals surface area contributed by atoms with Gasteiger partial charge in [0.15, 0.2) is 23.0 Å². The van der Waals surface area contributed by atoms with Crippen LogP contribution >= 0.6 is 0 Å². The number of aryl methyl sites for hydroxylation is 1. The molecule has 224 valence electrons. The van der Waals surface area contributed by atoms with E-state index in [1.807, 2.05) is 24.8 Å². The maximum absolute atomic E-state index is 14.8. The summed E-state index contributed by atoms with van der Waals surface area (Å²) >= 11 is 0. The molecule has 6 rings (SSSR count). The van der Waals surface area contributed by atoms with Gasteiger partial charge in [0, 0.05) is 55.4 Å². The predicted octanol–water partition coefficient (Wildman–Crippen LogP) is 4.16. The number of fused-ring (bicyclic) bond motifs is 1. The van der Waals surface area contributed by atoms with Crippen LogP contribution in [0.1, 0.15) is 35.7 Å². The topological polar surface area (TPSA) is 104 Å². The lowest BCUT2D eigenvalue weighted by Crippen LogP contribution is -2.58. The molecule has 4 heterocycles. The lowest BCUT2D eigenvalue weighted by molar-refractivity contribution is -0.138. The summed E-state index contributed by atoms with van der Waals surface area (Å²) in [6.45, 7) is 6.66. The first-order valence-corrected chi connectivity index (χ1v) is 14.3. The highest BCUT2D eigenvalue weighted by molar-refractivity contribution is 5.96. The molecule has 4 aromatic rings. The molecule has 2 amide bonds. The number of aromatic nitrogens is 3. The van der Waals surface area contributed by atoms with E-state index in [4.69, 9.17) is 4.74 Å². The van der Waals surface area contributed by atoms with E-state index in [9.17, 15) is 18.4 Å². The van der Waals surface area contributed by atoms with Crippen LogP contribution in [0.4, 0.5) is 20.3 Å². The minimum Gasteiger partial charge on any atom is -0.494 e. The average molecular weight is 590 g/mol. The van der Waals surface area contributed by atoms with Crippen molar-refractivity contribution >= 4 is 29.0 Å². The van der Waals surface area contributed by atoms with Gasteiger partial charge in [-0.3, -0.25) is 14.0 Å². The number of anilines is 2. The smallest absolute Gasteiger partial charge is 0.254 e. The van der Waals surface area contributed by atoms with Crippen molar-refractivity contribution in [3.63, 3.8) is 0 Å². The zero-order valence-electron chi connectivity index (χ0n) is 24.3. The highest BCUT2D eigenvalue weighted by atomic mass is 19.2. The lowest BCUT2D eigenvalue weighted by Gasteiger charge is -2.38. The fraction of sp³-hybridized carbons (Fsp3) is 0.355. The predicted molar refractivity (Wildman–Crippen MR) is 157 cm³/mol. The number of ether oxygens (including phenoxy) is 1. The Labute approximate surface area is 247 Å². The number of methoxy groups -OCH3 is 1. The quantitative estimate of drug-likeness (QED) is 0.348. The molecule has 10 nitrogen and oxygen atoms in total. The fourth-order valence-electron chi connectivity index (χ4n) is 5.92. The number of carbonyl (C=O) groups is 2. The molecule has 43 heavy (non-hydrogen) atoms. The van der Waals surface area contributed by atoms with Gasteiger partial charge in [0.2, 0.25) is 11.7 Å². The third-order valence-electron chi connectivity index (χ3n) is 8.39. The molecule has 2 aliphatic heterocycles. The summed E-state index contributed by atoms with van der Waals surface area (Å²) in [7, 11) is 1.28. The number of rotatable bonds is 6. The molecule has 2 fully saturated rings. The Kier molecular flexibility index (Phi) is 7.47. The second-order valence-corrected chi connectivity index (χ2v) is 11.2. The van der Waals surface area contributed by atoms with Crippen LogP contribution in [0.2, 0.25) is 0 Å². The van der Waals surface area contributed by atoms with E-state index in [1.54, 1.807) is 27.6 Å². The third-order valence-corrected chi connectivity index (χ3v) is 8.39. The number of halogens is 2. The van der Waals surface area contributed by atoms with E-state index >= 15 is 0 Å². The Morgan fingerprint density at radius 1 is 1.05 bits per heavy atom. The van der Waals surface area contributed by atoms with Crippen molar-refractivity contribution in [2.24, 2.45) is 0 Å². The summed E-state index contributed by atoms with van der Waals surface area (Å²) < 4.78 is 35.7. The van der Waals surface area contributed by atoms with Gasteiger partial charge in [-0.15, -0.1) is 0 Å².